The molecule has 3 aromatic heterocycles. The molecule has 11 nitrogen and oxygen atoms in total. The van der Waals surface area contributed by atoms with Crippen LogP contribution in [0.3, 0.4) is 0 Å². The summed E-state index contributed by atoms with van der Waals surface area (Å²) in [6.07, 6.45) is 8.17. The van der Waals surface area contributed by atoms with E-state index in [-0.39, 0.29) is 17.2 Å². The van der Waals surface area contributed by atoms with Gasteiger partial charge < -0.3 is 16.0 Å². The first-order valence-electron chi connectivity index (χ1n) is 11.3. The molecule has 3 heterocycles. The van der Waals surface area contributed by atoms with Gasteiger partial charge in [0.15, 0.2) is 5.82 Å². The van der Waals surface area contributed by atoms with Gasteiger partial charge in [0.05, 0.1) is 34.5 Å². The molecule has 1 fully saturated rings. The highest BCUT2D eigenvalue weighted by atomic mass is 32.2. The maximum absolute atomic E-state index is 12.4. The molecule has 34 heavy (non-hydrogen) atoms. The standard InChI is InChI=1S/C22H28N8O3S/c1-4-14(3)27-18-10-20(25-12-17(18)22(31)23-5-2)28-19-8-9-24-21(29-19)15-11-26-30(13-15)34(32,33)16-6-7-16/h8-14,16H,4-7H2,1-3H3,(H,23,31)(H2,24,25,27,28,29)/t14-/m0/s1. The fourth-order valence-electron chi connectivity index (χ4n) is 3.22. The van der Waals surface area contributed by atoms with Crippen LogP contribution in [0, 0.1) is 0 Å². The molecule has 0 spiro atoms. The topological polar surface area (TPSA) is 144 Å². The normalized spacial score (nSPS) is 14.4. The van der Waals surface area contributed by atoms with Crippen LogP contribution in [-0.4, -0.2) is 56.3 Å². The molecule has 1 saturated carbocycles. The number of amides is 1. The average Bonchev–Trinajstić information content (AvgIpc) is 3.56. The summed E-state index contributed by atoms with van der Waals surface area (Å²) in [7, 11) is -3.46. The molecule has 1 aliphatic rings. The SMILES string of the molecule is CCNC(=O)c1cnc(Nc2ccnc(-c3cnn(S(=O)(=O)C4CC4)c3)n2)cc1N[C@@H](C)CC. The molecule has 180 valence electrons. The molecule has 1 aliphatic carbocycles. The smallest absolute Gasteiger partial charge is 0.256 e. The van der Waals surface area contributed by atoms with Crippen molar-refractivity contribution in [3.63, 3.8) is 0 Å². The summed E-state index contributed by atoms with van der Waals surface area (Å²) < 4.78 is 25.8. The van der Waals surface area contributed by atoms with Crippen molar-refractivity contribution < 1.29 is 13.2 Å². The lowest BCUT2D eigenvalue weighted by atomic mass is 10.1. The number of hydrogen-bond donors (Lipinski definition) is 3. The van der Waals surface area contributed by atoms with Gasteiger partial charge in [-0.3, -0.25) is 4.79 Å². The zero-order valence-corrected chi connectivity index (χ0v) is 20.1. The van der Waals surface area contributed by atoms with E-state index in [1.165, 1.54) is 18.6 Å². The summed E-state index contributed by atoms with van der Waals surface area (Å²) in [5, 5.41) is 12.9. The summed E-state index contributed by atoms with van der Waals surface area (Å²) in [6, 6.07) is 3.60. The number of aromatic nitrogens is 5. The first-order chi connectivity index (χ1) is 16.3. The Balaban J connectivity index is 1.57. The minimum Gasteiger partial charge on any atom is -0.382 e. The van der Waals surface area contributed by atoms with Crippen LogP contribution in [0.5, 0.6) is 0 Å². The molecule has 0 aromatic carbocycles. The number of carbonyl (C=O) groups excluding carboxylic acids is 1. The van der Waals surface area contributed by atoms with Crippen molar-refractivity contribution in [3.05, 3.63) is 42.5 Å². The predicted molar refractivity (Wildman–Crippen MR) is 129 cm³/mol. The fourth-order valence-corrected chi connectivity index (χ4v) is 4.70. The molecule has 4 rings (SSSR count). The Kier molecular flexibility index (Phi) is 6.77. The number of nitrogens with one attached hydrogen (secondary N) is 3. The van der Waals surface area contributed by atoms with E-state index in [4.69, 9.17) is 0 Å². The Labute approximate surface area is 198 Å². The first kappa shape index (κ1) is 23.6. The largest absolute Gasteiger partial charge is 0.382 e. The van der Waals surface area contributed by atoms with Crippen molar-refractivity contribution in [2.24, 2.45) is 0 Å². The molecule has 0 saturated heterocycles. The van der Waals surface area contributed by atoms with Crippen LogP contribution in [-0.2, 0) is 10.0 Å². The summed E-state index contributed by atoms with van der Waals surface area (Å²) >= 11 is 0. The van der Waals surface area contributed by atoms with Crippen LogP contribution < -0.4 is 16.0 Å². The van der Waals surface area contributed by atoms with Crippen LogP contribution in [0.1, 0.15) is 50.4 Å². The Bertz CT molecular complexity index is 1290. The van der Waals surface area contributed by atoms with Gasteiger partial charge in [-0.05, 0) is 39.2 Å². The number of hydrogen-bond acceptors (Lipinski definition) is 9. The molecule has 1 atom stereocenters. The van der Waals surface area contributed by atoms with Gasteiger partial charge in [-0.2, -0.15) is 9.19 Å². The quantitative estimate of drug-likeness (QED) is 0.395. The van der Waals surface area contributed by atoms with Crippen molar-refractivity contribution >= 4 is 33.3 Å². The molecule has 12 heteroatoms. The molecule has 3 aromatic rings. The van der Waals surface area contributed by atoms with Crippen molar-refractivity contribution in [3.8, 4) is 11.4 Å². The van der Waals surface area contributed by atoms with E-state index in [9.17, 15) is 13.2 Å². The van der Waals surface area contributed by atoms with Gasteiger partial charge in [0.25, 0.3) is 15.9 Å². The molecule has 0 aliphatic heterocycles. The van der Waals surface area contributed by atoms with Crippen molar-refractivity contribution in [1.29, 1.82) is 0 Å². The van der Waals surface area contributed by atoms with E-state index >= 15 is 0 Å². The number of carbonyl (C=O) groups is 1. The van der Waals surface area contributed by atoms with Gasteiger partial charge >= 0.3 is 0 Å². The highest BCUT2D eigenvalue weighted by Crippen LogP contribution is 2.30. The second kappa shape index (κ2) is 9.75. The lowest BCUT2D eigenvalue weighted by Crippen LogP contribution is -2.25. The lowest BCUT2D eigenvalue weighted by molar-refractivity contribution is 0.0956. The molecule has 3 N–H and O–H groups in total. The Morgan fingerprint density at radius 2 is 2.00 bits per heavy atom. The van der Waals surface area contributed by atoms with E-state index in [2.05, 4.69) is 42.9 Å². The third-order valence-corrected chi connectivity index (χ3v) is 7.47. The third-order valence-electron chi connectivity index (χ3n) is 5.44. The maximum Gasteiger partial charge on any atom is 0.256 e. The van der Waals surface area contributed by atoms with Crippen LogP contribution in [0.4, 0.5) is 17.3 Å². The number of nitrogens with zero attached hydrogens (tertiary/aromatic N) is 5. The Morgan fingerprint density at radius 1 is 1.21 bits per heavy atom. The van der Waals surface area contributed by atoms with Gasteiger partial charge in [0, 0.05) is 31.0 Å². The number of anilines is 3. The second-order valence-corrected chi connectivity index (χ2v) is 10.2. The van der Waals surface area contributed by atoms with Crippen molar-refractivity contribution in [2.45, 2.75) is 51.3 Å². The maximum atomic E-state index is 12.4. The Morgan fingerprint density at radius 3 is 2.71 bits per heavy atom. The van der Waals surface area contributed by atoms with Crippen molar-refractivity contribution in [1.82, 2.24) is 29.5 Å². The van der Waals surface area contributed by atoms with Crippen LogP contribution in [0.15, 0.2) is 36.9 Å². The molecule has 0 bridgehead atoms. The third kappa shape index (κ3) is 5.16. The zero-order valence-electron chi connectivity index (χ0n) is 19.3. The first-order valence-corrected chi connectivity index (χ1v) is 12.8. The van der Waals surface area contributed by atoms with E-state index in [1.807, 2.05) is 13.8 Å². The van der Waals surface area contributed by atoms with Crippen molar-refractivity contribution in [2.75, 3.05) is 17.2 Å². The van der Waals surface area contributed by atoms with Gasteiger partial charge in [0.2, 0.25) is 0 Å². The summed E-state index contributed by atoms with van der Waals surface area (Å²) in [6.45, 7) is 6.48. The highest BCUT2D eigenvalue weighted by molar-refractivity contribution is 7.90. The van der Waals surface area contributed by atoms with Crippen LogP contribution in [0.2, 0.25) is 0 Å². The van der Waals surface area contributed by atoms with E-state index in [0.29, 0.717) is 53.7 Å². The monoisotopic (exact) mass is 484 g/mol. The van der Waals surface area contributed by atoms with E-state index in [1.54, 1.807) is 18.3 Å². The molecule has 0 radical (unpaired) electrons. The molecular weight excluding hydrogens is 456 g/mol. The summed E-state index contributed by atoms with van der Waals surface area (Å²) in [5.41, 5.74) is 1.62. The highest BCUT2D eigenvalue weighted by Gasteiger charge is 2.37. The van der Waals surface area contributed by atoms with Gasteiger partial charge in [0.1, 0.15) is 11.6 Å². The van der Waals surface area contributed by atoms with Gasteiger partial charge in [-0.25, -0.2) is 23.4 Å². The summed E-state index contributed by atoms with van der Waals surface area (Å²) in [5.74, 6) is 1.10. The van der Waals surface area contributed by atoms with Crippen LogP contribution in [0.25, 0.3) is 11.4 Å². The summed E-state index contributed by atoms with van der Waals surface area (Å²) in [4.78, 5) is 25.5. The van der Waals surface area contributed by atoms with Crippen LogP contribution >= 0.6 is 0 Å². The number of rotatable bonds is 10. The van der Waals surface area contributed by atoms with E-state index in [0.717, 1.165) is 10.5 Å². The predicted octanol–water partition coefficient (Wildman–Crippen LogP) is 2.78. The zero-order chi connectivity index (χ0) is 24.3. The lowest BCUT2D eigenvalue weighted by Gasteiger charge is -2.17. The molecule has 0 unspecified atom stereocenters. The Hall–Kier alpha value is -3.54. The minimum atomic E-state index is -3.46. The average molecular weight is 485 g/mol. The molecule has 1 amide bonds. The van der Waals surface area contributed by atoms with Gasteiger partial charge in [-0.1, -0.05) is 6.92 Å². The number of pyridine rings is 1. The minimum absolute atomic E-state index is 0.164. The van der Waals surface area contributed by atoms with Gasteiger partial charge in [-0.15, -0.1) is 0 Å². The van der Waals surface area contributed by atoms with E-state index < -0.39 is 10.0 Å². The molecular formula is C22H28N8O3S. The second-order valence-electron chi connectivity index (χ2n) is 8.16. The fraction of sp³-hybridized carbons (Fsp3) is 0.409.